The zero-order valence-corrected chi connectivity index (χ0v) is 57.6. The van der Waals surface area contributed by atoms with Crippen LogP contribution in [0.4, 0.5) is 36.4 Å². The molecule has 32 heteroatoms. The molecule has 0 saturated heterocycles. The van der Waals surface area contributed by atoms with E-state index in [-0.39, 0.29) is 58.5 Å². The summed E-state index contributed by atoms with van der Waals surface area (Å²) in [5, 5.41) is 40.6. The van der Waals surface area contributed by atoms with Crippen molar-refractivity contribution in [2.45, 2.75) is 31.9 Å². The minimum atomic E-state index is -4.43. The zero-order valence-electron chi connectivity index (χ0n) is 56.1. The lowest BCUT2D eigenvalue weighted by Gasteiger charge is -2.08. The highest BCUT2D eigenvalue weighted by Crippen LogP contribution is 2.33. The Morgan fingerprint density at radius 2 is 0.757 bits per heavy atom. The predicted octanol–water partition coefficient (Wildman–Crippen LogP) is 11.7. The molecule has 10 N–H and O–H groups in total. The molecule has 3 aliphatic rings. The Hall–Kier alpha value is -12.8. The second kappa shape index (κ2) is 32.5. The van der Waals surface area contributed by atoms with E-state index in [1.807, 2.05) is 12.1 Å². The van der Waals surface area contributed by atoms with Crippen molar-refractivity contribution in [1.29, 1.82) is 5.41 Å². The lowest BCUT2D eigenvalue weighted by Crippen LogP contribution is -2.34. The molecule has 546 valence electrons. The molecule has 0 spiro atoms. The second-order valence-electron chi connectivity index (χ2n) is 24.3. The van der Waals surface area contributed by atoms with Gasteiger partial charge in [0.1, 0.15) is 23.3 Å². The van der Waals surface area contributed by atoms with E-state index in [2.05, 4.69) is 51.3 Å². The maximum Gasteiger partial charge on any atom is 0.416 e. The van der Waals surface area contributed by atoms with E-state index in [0.717, 1.165) is 39.1 Å². The first-order chi connectivity index (χ1) is 51.4. The molecule has 23 nitrogen and oxygen atoms in total. The minimum absolute atomic E-state index is 0.0348. The third kappa shape index (κ3) is 17.5. The summed E-state index contributed by atoms with van der Waals surface area (Å²) in [7, 11) is 0. The largest absolute Gasteiger partial charge is 0.416 e. The number of nitro benzene ring substituents is 1. The van der Waals surface area contributed by atoms with Crippen LogP contribution in [-0.2, 0) is 31.9 Å². The van der Waals surface area contributed by atoms with Gasteiger partial charge in [-0.05, 0) is 149 Å². The van der Waals surface area contributed by atoms with Gasteiger partial charge in [0.05, 0.1) is 52.9 Å². The molecule has 7 heterocycles. The molecule has 0 amide bonds. The smallest absolute Gasteiger partial charge is 0.368 e. The van der Waals surface area contributed by atoms with Crippen molar-refractivity contribution >= 4 is 52.7 Å². The van der Waals surface area contributed by atoms with Gasteiger partial charge in [0.2, 0.25) is 23.8 Å². The first-order valence-corrected chi connectivity index (χ1v) is 33.7. The highest BCUT2D eigenvalue weighted by atomic mass is 35.5. The van der Waals surface area contributed by atoms with Gasteiger partial charge in [-0.25, -0.2) is 32.5 Å². The van der Waals surface area contributed by atoms with Crippen LogP contribution in [0.15, 0.2) is 228 Å². The van der Waals surface area contributed by atoms with Crippen LogP contribution in [0.1, 0.15) is 50.1 Å². The molecule has 8 aromatic carbocycles. The number of benzene rings is 8. The summed E-state index contributed by atoms with van der Waals surface area (Å²) in [5.41, 5.74) is 13.0. The number of hydrogen-bond acceptors (Lipinski definition) is 13. The number of aliphatic imine (C=N–C) groups is 3. The summed E-state index contributed by atoms with van der Waals surface area (Å²) in [4.78, 5) is 74.8. The Balaban J connectivity index is 0.000000134. The number of aromatic nitrogens is 8. The van der Waals surface area contributed by atoms with E-state index in [4.69, 9.17) is 34.3 Å². The van der Waals surface area contributed by atoms with E-state index in [0.29, 0.717) is 147 Å². The standard InChI is InChI=1S/C20H16ClF3N4O.C19H16F2N4O.C19H16FN5O3.C17H14ClFN4O/c21-15-3-1-2-12(10-15)11-16-17(13-4-6-14(7-5-13)20(22,23)24)27-28(18(16)29)19-25-8-9-26-19;20-14-5-1-12(2-6-14)11-16-17(13-3-7-15(21)8-4-13)24-25(18(16)26)19-22-9-10-23-19;20-14-5-1-12(2-6-14)11-16-17(13-3-7-15(8-4-13)25(27)28)23-24(18(16)26)19-21-9-10-22-19;18-12-3-1-2-10(8-12)9-14-15(11-4-6-13(19)7-5-11)22-23(16(14)24)17(20)21/h1-7,10,27H,8-9,11H2,(H,25,26);1-8,24H,9-11H2,(H,22,23);1-8,23H,9-11H2,(H,21,22);1-8,22H,9H2,(H3,20,21). The van der Waals surface area contributed by atoms with Crippen LogP contribution < -0.4 is 43.9 Å². The number of nitro groups is 1. The first-order valence-electron chi connectivity index (χ1n) is 32.9. The van der Waals surface area contributed by atoms with Crippen LogP contribution in [0.2, 0.25) is 10.0 Å². The molecule has 107 heavy (non-hydrogen) atoms. The number of nitrogen functional groups attached to an aromatic ring is 1. The number of nitrogens with zero attached hydrogens (tertiary/aromatic N) is 8. The number of hydrogen-bond donors (Lipinski definition) is 9. The molecular formula is C75H62Cl2F7N17O6. The predicted molar refractivity (Wildman–Crippen MR) is 395 cm³/mol. The fourth-order valence-corrected chi connectivity index (χ4v) is 12.3. The van der Waals surface area contributed by atoms with Gasteiger partial charge in [-0.1, -0.05) is 83.9 Å². The van der Waals surface area contributed by atoms with Crippen LogP contribution in [0.3, 0.4) is 0 Å². The van der Waals surface area contributed by atoms with E-state index in [9.17, 15) is 60.0 Å². The van der Waals surface area contributed by atoms with Gasteiger partial charge in [-0.3, -0.25) is 55.1 Å². The van der Waals surface area contributed by atoms with Crippen LogP contribution in [0.25, 0.3) is 45.0 Å². The lowest BCUT2D eigenvalue weighted by atomic mass is 10.0. The molecule has 15 rings (SSSR count). The minimum Gasteiger partial charge on any atom is -0.368 e. The molecular weight excluding hydrogens is 1440 g/mol. The molecule has 0 atom stereocenters. The molecule has 0 fully saturated rings. The van der Waals surface area contributed by atoms with Crippen LogP contribution in [0, 0.1) is 38.8 Å². The van der Waals surface area contributed by atoms with Crippen molar-refractivity contribution < 1.29 is 35.7 Å². The molecule has 0 bridgehead atoms. The van der Waals surface area contributed by atoms with Crippen molar-refractivity contribution in [2.75, 3.05) is 39.3 Å². The number of H-pyrrole nitrogens is 4. The van der Waals surface area contributed by atoms with E-state index in [1.165, 1.54) is 86.8 Å². The third-order valence-electron chi connectivity index (χ3n) is 17.1. The normalized spacial score (nSPS) is 13.0. The highest BCUT2D eigenvalue weighted by molar-refractivity contribution is 6.31. The Morgan fingerprint density at radius 3 is 1.07 bits per heavy atom. The van der Waals surface area contributed by atoms with Crippen molar-refractivity contribution in [3.63, 3.8) is 0 Å². The lowest BCUT2D eigenvalue weighted by molar-refractivity contribution is -0.384. The molecule has 0 saturated carbocycles. The number of halogens is 9. The Labute approximate surface area is 611 Å². The molecule has 12 aromatic rings. The third-order valence-corrected chi connectivity index (χ3v) is 17.5. The number of non-ortho nitro benzene ring substituents is 1. The fourth-order valence-electron chi connectivity index (χ4n) is 11.8. The van der Waals surface area contributed by atoms with Gasteiger partial charge in [0, 0.05) is 106 Å². The monoisotopic (exact) mass is 1500 g/mol. The van der Waals surface area contributed by atoms with Crippen LogP contribution in [0.5, 0.6) is 0 Å². The highest BCUT2D eigenvalue weighted by Gasteiger charge is 2.31. The SMILES string of the molecule is N=C(N)n1[nH]c(-c2ccc(F)cc2)c(Cc2cccc(Cl)c2)c1=O.O=c1c(Cc2ccc(F)cc2)c(-c2ccc(F)cc2)[nH]n1C1=NCCN1.O=c1c(Cc2ccc(F)cc2)c(-c2ccc([N+](=O)[O-])cc2)[nH]n1C1=NCCN1.O=c1c(Cc2cccc(Cl)c2)c(-c2ccc(C(F)(F)F)cc2)[nH]n1C1=NCCN1. The van der Waals surface area contributed by atoms with Crippen LogP contribution in [-0.4, -0.2) is 107 Å². The summed E-state index contributed by atoms with van der Waals surface area (Å²) in [6, 6.07) is 48.5. The molecule has 3 aliphatic heterocycles. The van der Waals surface area contributed by atoms with Gasteiger partial charge in [0.25, 0.3) is 27.9 Å². The summed E-state index contributed by atoms with van der Waals surface area (Å²) >= 11 is 12.0. The molecule has 0 unspecified atom stereocenters. The number of rotatable bonds is 13. The quantitative estimate of drug-likeness (QED) is 0.0173. The number of alkyl halides is 3. The summed E-state index contributed by atoms with van der Waals surface area (Å²) in [6.07, 6.45) is -3.25. The Bertz CT molecular complexity index is 5610. The molecule has 0 aliphatic carbocycles. The number of aromatic amines is 4. The van der Waals surface area contributed by atoms with Crippen molar-refractivity contribution in [1.82, 2.24) is 55.1 Å². The van der Waals surface area contributed by atoms with Gasteiger partial charge in [-0.2, -0.15) is 31.9 Å². The van der Waals surface area contributed by atoms with Crippen molar-refractivity contribution in [3.05, 3.63) is 329 Å². The molecule has 4 aromatic heterocycles. The Kier molecular flexibility index (Phi) is 22.4. The first kappa shape index (κ1) is 73.9. The second-order valence-corrected chi connectivity index (χ2v) is 25.2. The van der Waals surface area contributed by atoms with E-state index < -0.39 is 28.2 Å². The summed E-state index contributed by atoms with van der Waals surface area (Å²) in [6.45, 7) is 3.63. The Morgan fingerprint density at radius 1 is 0.449 bits per heavy atom. The van der Waals surface area contributed by atoms with Crippen molar-refractivity contribution in [3.8, 4) is 45.0 Å². The van der Waals surface area contributed by atoms with Crippen LogP contribution >= 0.6 is 23.2 Å². The fraction of sp³-hybridized carbons (Fsp3) is 0.147. The van der Waals surface area contributed by atoms with Gasteiger partial charge < -0.3 is 21.7 Å². The maximum atomic E-state index is 13.3. The van der Waals surface area contributed by atoms with Crippen molar-refractivity contribution in [2.24, 2.45) is 20.7 Å². The average Bonchev–Trinajstić information content (AvgIpc) is 1.61. The topological polar surface area (TPSA) is 317 Å². The number of nitrogens with two attached hydrogens (primary N) is 1. The van der Waals surface area contributed by atoms with E-state index >= 15 is 0 Å². The molecule has 0 radical (unpaired) electrons. The maximum absolute atomic E-state index is 13.3. The van der Waals surface area contributed by atoms with Gasteiger partial charge in [0.15, 0.2) is 0 Å². The van der Waals surface area contributed by atoms with Gasteiger partial charge in [-0.15, -0.1) is 0 Å². The number of nitrogens with one attached hydrogen (secondary N) is 8. The van der Waals surface area contributed by atoms with Gasteiger partial charge >= 0.3 is 6.18 Å². The average molecular weight is 1500 g/mol. The summed E-state index contributed by atoms with van der Waals surface area (Å²) < 4.78 is 96.5. The zero-order chi connectivity index (χ0) is 75.6. The summed E-state index contributed by atoms with van der Waals surface area (Å²) in [5.74, 6) is -0.539. The van der Waals surface area contributed by atoms with E-state index in [1.54, 1.807) is 97.1 Å².